The van der Waals surface area contributed by atoms with E-state index >= 15 is 0 Å². The van der Waals surface area contributed by atoms with E-state index < -0.39 is 31.8 Å². The zero-order valence-electron chi connectivity index (χ0n) is 15.7. The van der Waals surface area contributed by atoms with Crippen molar-refractivity contribution in [3.05, 3.63) is 71.8 Å². The summed E-state index contributed by atoms with van der Waals surface area (Å²) < 4.78 is 4.92. The van der Waals surface area contributed by atoms with Gasteiger partial charge in [0.2, 0.25) is 7.57 Å². The van der Waals surface area contributed by atoms with Gasteiger partial charge in [-0.05, 0) is 31.3 Å². The minimum Gasteiger partial charge on any atom is -0.333 e. The Bertz CT molecular complexity index is 871. The Labute approximate surface area is 164 Å². The molecular formula is C20H23N2O5P. The molecule has 3 rings (SSSR count). The van der Waals surface area contributed by atoms with Crippen molar-refractivity contribution >= 4 is 25.8 Å². The van der Waals surface area contributed by atoms with E-state index in [1.807, 2.05) is 50.2 Å². The van der Waals surface area contributed by atoms with E-state index in [0.29, 0.717) is 11.1 Å². The summed E-state index contributed by atoms with van der Waals surface area (Å²) >= 11 is 0. The molecule has 0 aliphatic carbocycles. The number of hydrogen-bond acceptors (Lipinski definition) is 5. The number of amides is 3. The van der Waals surface area contributed by atoms with E-state index in [1.54, 1.807) is 24.3 Å². The van der Waals surface area contributed by atoms with Gasteiger partial charge in [0.05, 0.1) is 0 Å². The fourth-order valence-electron chi connectivity index (χ4n) is 3.58. The monoisotopic (exact) mass is 402 g/mol. The molecular weight excluding hydrogens is 379 g/mol. The lowest BCUT2D eigenvalue weighted by molar-refractivity contribution is -0.134. The quantitative estimate of drug-likeness (QED) is 0.573. The summed E-state index contributed by atoms with van der Waals surface area (Å²) in [5.41, 5.74) is -0.108. The molecule has 0 unspecified atom stereocenters. The number of nitrogens with zero attached hydrogens (tertiary/aromatic N) is 2. The van der Waals surface area contributed by atoms with Crippen molar-refractivity contribution in [1.82, 2.24) is 9.80 Å². The molecule has 7 nitrogen and oxygen atoms in total. The van der Waals surface area contributed by atoms with Crippen molar-refractivity contribution in [3.8, 4) is 0 Å². The Hall–Kier alpha value is -2.44. The fraction of sp³-hybridized carbons (Fsp3) is 0.250. The fourth-order valence-corrected chi connectivity index (χ4v) is 3.88. The first-order valence-electron chi connectivity index (χ1n) is 8.79. The topological polar surface area (TPSA) is 90.3 Å². The van der Waals surface area contributed by atoms with Gasteiger partial charge in [0.25, 0.3) is 5.91 Å². The van der Waals surface area contributed by atoms with Crippen LogP contribution in [0, 0.1) is 0 Å². The molecule has 28 heavy (non-hydrogen) atoms. The number of carbonyl (C=O) groups excluding carboxylic acids is 2. The SMILES string of the molecule is C=P(O)(O)OCN1C(=O)N(C(C)C)C(c2ccccc2)(c2ccccc2)C1=O. The molecule has 2 aromatic rings. The van der Waals surface area contributed by atoms with Crippen molar-refractivity contribution in [1.29, 1.82) is 0 Å². The van der Waals surface area contributed by atoms with Crippen LogP contribution < -0.4 is 0 Å². The van der Waals surface area contributed by atoms with Crippen molar-refractivity contribution in [2.24, 2.45) is 0 Å². The summed E-state index contributed by atoms with van der Waals surface area (Å²) in [5.74, 6) is -0.517. The second-order valence-electron chi connectivity index (χ2n) is 6.84. The first-order valence-corrected chi connectivity index (χ1v) is 10.6. The smallest absolute Gasteiger partial charge is 0.330 e. The van der Waals surface area contributed by atoms with E-state index in [0.717, 1.165) is 4.90 Å². The van der Waals surface area contributed by atoms with Gasteiger partial charge in [-0.3, -0.25) is 14.2 Å². The highest BCUT2D eigenvalue weighted by atomic mass is 31.2. The highest BCUT2D eigenvalue weighted by Gasteiger charge is 2.60. The third-order valence-electron chi connectivity index (χ3n) is 4.65. The molecule has 2 aromatic carbocycles. The lowest BCUT2D eigenvalue weighted by atomic mass is 9.80. The number of urea groups is 1. The third kappa shape index (κ3) is 3.38. The Kier molecular flexibility index (Phi) is 5.46. The Morgan fingerprint density at radius 2 is 1.46 bits per heavy atom. The van der Waals surface area contributed by atoms with Crippen LogP contribution in [0.1, 0.15) is 25.0 Å². The van der Waals surface area contributed by atoms with Gasteiger partial charge in [-0.1, -0.05) is 60.7 Å². The highest BCUT2D eigenvalue weighted by Crippen LogP contribution is 2.45. The Morgan fingerprint density at radius 3 is 1.86 bits per heavy atom. The number of carbonyl (C=O) groups is 2. The van der Waals surface area contributed by atoms with Gasteiger partial charge in [0.15, 0.2) is 5.54 Å². The van der Waals surface area contributed by atoms with Gasteiger partial charge in [-0.2, -0.15) is 0 Å². The van der Waals surface area contributed by atoms with Crippen LogP contribution in [0.25, 0.3) is 0 Å². The Morgan fingerprint density at radius 1 is 1.00 bits per heavy atom. The summed E-state index contributed by atoms with van der Waals surface area (Å²) in [5, 5.41) is 0. The zero-order valence-corrected chi connectivity index (χ0v) is 16.6. The maximum Gasteiger partial charge on any atom is 0.330 e. The van der Waals surface area contributed by atoms with Crippen molar-refractivity contribution in [2.45, 2.75) is 25.4 Å². The van der Waals surface area contributed by atoms with Crippen molar-refractivity contribution in [3.63, 3.8) is 0 Å². The molecule has 0 spiro atoms. The van der Waals surface area contributed by atoms with E-state index in [-0.39, 0.29) is 6.04 Å². The minimum atomic E-state index is -3.87. The maximum absolute atomic E-state index is 13.7. The van der Waals surface area contributed by atoms with Crippen LogP contribution in [-0.2, 0) is 14.9 Å². The molecule has 0 atom stereocenters. The maximum atomic E-state index is 13.7. The standard InChI is InChI=1S/C20H23N2O5P/c1-15(2)22-19(24)21(14-27-28(3,25)26)18(23)20(22,16-10-6-4-7-11-16)17-12-8-5-9-13-17/h4-13,15,25-26H,3,14H2,1-2H3. The molecule has 3 amide bonds. The van der Waals surface area contributed by atoms with Crippen molar-refractivity contribution < 1.29 is 23.9 Å². The Balaban J connectivity index is 2.22. The molecule has 148 valence electrons. The van der Waals surface area contributed by atoms with Gasteiger partial charge >= 0.3 is 6.03 Å². The van der Waals surface area contributed by atoms with Crippen LogP contribution in [0.2, 0.25) is 0 Å². The molecule has 8 heteroatoms. The van der Waals surface area contributed by atoms with Crippen LogP contribution in [0.15, 0.2) is 60.7 Å². The number of benzene rings is 2. The average Bonchev–Trinajstić information content (AvgIpc) is 2.88. The van der Waals surface area contributed by atoms with Crippen LogP contribution in [-0.4, -0.2) is 50.6 Å². The number of imide groups is 1. The lowest BCUT2D eigenvalue weighted by Gasteiger charge is -2.38. The van der Waals surface area contributed by atoms with Gasteiger partial charge in [0, 0.05) is 6.04 Å². The molecule has 0 radical (unpaired) electrons. The van der Waals surface area contributed by atoms with Gasteiger partial charge < -0.3 is 9.79 Å². The molecule has 0 aromatic heterocycles. The number of rotatable bonds is 6. The molecule has 1 saturated heterocycles. The second-order valence-corrected chi connectivity index (χ2v) is 8.43. The normalized spacial score (nSPS) is 16.9. The predicted octanol–water partition coefficient (Wildman–Crippen LogP) is 2.76. The lowest BCUT2D eigenvalue weighted by Crippen LogP contribution is -2.50. The summed E-state index contributed by atoms with van der Waals surface area (Å²) in [7, 11) is -3.87. The van der Waals surface area contributed by atoms with E-state index in [9.17, 15) is 19.4 Å². The second kappa shape index (κ2) is 7.53. The minimum absolute atomic E-state index is 0.315. The summed E-state index contributed by atoms with van der Waals surface area (Å²) in [6.45, 7) is 3.06. The molecule has 0 saturated carbocycles. The summed E-state index contributed by atoms with van der Waals surface area (Å²) in [6, 6.07) is 17.2. The van der Waals surface area contributed by atoms with Crippen LogP contribution in [0.4, 0.5) is 4.79 Å². The number of hydrogen-bond donors (Lipinski definition) is 2. The van der Waals surface area contributed by atoms with E-state index in [4.69, 9.17) is 4.52 Å². The molecule has 1 heterocycles. The molecule has 2 N–H and O–H groups in total. The molecule has 1 aliphatic rings. The van der Waals surface area contributed by atoms with Crippen LogP contribution in [0.3, 0.4) is 0 Å². The van der Waals surface area contributed by atoms with Gasteiger partial charge in [0.1, 0.15) is 6.73 Å². The first-order chi connectivity index (χ1) is 13.2. The van der Waals surface area contributed by atoms with E-state index in [1.165, 1.54) is 4.90 Å². The van der Waals surface area contributed by atoms with Crippen LogP contribution in [0.5, 0.6) is 0 Å². The van der Waals surface area contributed by atoms with Gasteiger partial charge in [-0.25, -0.2) is 9.69 Å². The predicted molar refractivity (Wildman–Crippen MR) is 107 cm³/mol. The van der Waals surface area contributed by atoms with E-state index in [2.05, 4.69) is 6.30 Å². The molecule has 1 fully saturated rings. The molecule has 0 bridgehead atoms. The van der Waals surface area contributed by atoms with Gasteiger partial charge in [-0.15, -0.1) is 0 Å². The molecule has 1 aliphatic heterocycles. The largest absolute Gasteiger partial charge is 0.333 e. The zero-order chi connectivity index (χ0) is 20.5. The highest BCUT2D eigenvalue weighted by molar-refractivity contribution is 7.57. The third-order valence-corrected chi connectivity index (χ3v) is 5.18. The van der Waals surface area contributed by atoms with Crippen molar-refractivity contribution in [2.75, 3.05) is 6.73 Å². The summed E-state index contributed by atoms with van der Waals surface area (Å²) in [4.78, 5) is 48.2. The first kappa shape index (κ1) is 20.3. The van der Waals surface area contributed by atoms with Crippen LogP contribution >= 0.6 is 7.57 Å². The summed E-state index contributed by atoms with van der Waals surface area (Å²) in [6.07, 6.45) is 3.13. The average molecular weight is 402 g/mol.